The van der Waals surface area contributed by atoms with E-state index >= 15 is 0 Å². The lowest BCUT2D eigenvalue weighted by atomic mass is 9.44. The molecule has 1 spiro atoms. The summed E-state index contributed by atoms with van der Waals surface area (Å²) in [5.74, 6) is 3.30. The second kappa shape index (κ2) is 7.08. The molecule has 5 aliphatic carbocycles. The van der Waals surface area contributed by atoms with E-state index in [1.54, 1.807) is 5.57 Å². The zero-order valence-electron chi connectivity index (χ0n) is 20.3. The molecule has 174 valence electrons. The Morgan fingerprint density at radius 3 is 2.58 bits per heavy atom. The fourth-order valence-corrected chi connectivity index (χ4v) is 10.0. The maximum Gasteiger partial charge on any atom is 0.0930 e. The summed E-state index contributed by atoms with van der Waals surface area (Å²) in [6.07, 6.45) is 20.8. The van der Waals surface area contributed by atoms with Crippen molar-refractivity contribution in [2.24, 2.45) is 34.5 Å². The molecule has 0 aromatic carbocycles. The molecule has 6 aliphatic rings. The molecule has 5 saturated carbocycles. The molecule has 2 heteroatoms. The molecular formula is C29H46O2. The Hall–Kier alpha value is -0.340. The predicted molar refractivity (Wildman–Crippen MR) is 126 cm³/mol. The van der Waals surface area contributed by atoms with Crippen LogP contribution in [0.4, 0.5) is 0 Å². The fraction of sp³-hybridized carbons (Fsp3) is 0.931. The molecule has 6 fully saturated rings. The average molecular weight is 427 g/mol. The number of hydrogen-bond donors (Lipinski definition) is 1. The Labute approximate surface area is 190 Å². The van der Waals surface area contributed by atoms with E-state index in [4.69, 9.17) is 11.3 Å². The van der Waals surface area contributed by atoms with Gasteiger partial charge in [0.2, 0.25) is 0 Å². The highest BCUT2D eigenvalue weighted by Gasteiger charge is 2.68. The first kappa shape index (κ1) is 21.2. The fourth-order valence-electron chi connectivity index (χ4n) is 10.0. The Balaban J connectivity index is 1.19. The van der Waals surface area contributed by atoms with Crippen molar-refractivity contribution in [3.8, 4) is 0 Å². The SMILES string of the molecule is C=C1C[C@@]2(CC[C@H](CCC3(O)CCCCC3)C2)[C@@H]2O[C@]2(C)C[C@H]2CCC[C@@]3(C)C[C@H]1[C@@H]23. The van der Waals surface area contributed by atoms with E-state index in [1.807, 2.05) is 0 Å². The molecule has 0 radical (unpaired) electrons. The van der Waals surface area contributed by atoms with E-state index in [0.717, 1.165) is 42.9 Å². The van der Waals surface area contributed by atoms with Crippen LogP contribution in [-0.4, -0.2) is 22.4 Å². The van der Waals surface area contributed by atoms with Gasteiger partial charge in [-0.15, -0.1) is 0 Å². The smallest absolute Gasteiger partial charge is 0.0930 e. The summed E-state index contributed by atoms with van der Waals surface area (Å²) in [5, 5.41) is 11.0. The third-order valence-electron chi connectivity index (χ3n) is 11.5. The van der Waals surface area contributed by atoms with Gasteiger partial charge in [-0.3, -0.25) is 0 Å². The van der Waals surface area contributed by atoms with Gasteiger partial charge in [-0.2, -0.15) is 0 Å². The molecule has 31 heavy (non-hydrogen) atoms. The highest BCUT2D eigenvalue weighted by atomic mass is 16.6. The summed E-state index contributed by atoms with van der Waals surface area (Å²) in [7, 11) is 0. The predicted octanol–water partition coefficient (Wildman–Crippen LogP) is 7.20. The number of aliphatic hydroxyl groups is 1. The minimum atomic E-state index is -0.354. The molecule has 1 N–H and O–H groups in total. The molecule has 6 rings (SSSR count). The van der Waals surface area contributed by atoms with Crippen molar-refractivity contribution >= 4 is 0 Å². The Morgan fingerprint density at radius 2 is 1.77 bits per heavy atom. The van der Waals surface area contributed by atoms with E-state index in [9.17, 15) is 5.11 Å². The molecule has 0 unspecified atom stereocenters. The highest BCUT2D eigenvalue weighted by molar-refractivity contribution is 5.24. The lowest BCUT2D eigenvalue weighted by Crippen LogP contribution is -2.53. The quantitative estimate of drug-likeness (QED) is 0.382. The van der Waals surface area contributed by atoms with Crippen LogP contribution < -0.4 is 0 Å². The Kier molecular flexibility index (Phi) is 4.84. The standard InChI is InChI=1S/C29H46O2/c1-20-16-28(14-9-21(17-28)10-15-29(30)12-5-4-6-13-29)25-27(3,31-25)18-22-8-7-11-26(2)19-23(20)24(22)26/h21-25,30H,1,4-19H2,2-3H3/t21-,22-,23-,24-,25-,26+,27-,28-/m1/s1. The van der Waals surface area contributed by atoms with Gasteiger partial charge in [0.1, 0.15) is 0 Å². The van der Waals surface area contributed by atoms with Crippen LogP contribution in [-0.2, 0) is 4.74 Å². The number of epoxide rings is 1. The van der Waals surface area contributed by atoms with Crippen LogP contribution in [0.2, 0.25) is 0 Å². The zero-order chi connectivity index (χ0) is 21.5. The third-order valence-corrected chi connectivity index (χ3v) is 11.5. The summed E-state index contributed by atoms with van der Waals surface area (Å²) < 4.78 is 6.67. The number of fused-ring (bicyclic) bond motifs is 2. The first-order chi connectivity index (χ1) is 14.7. The van der Waals surface area contributed by atoms with Gasteiger partial charge in [0, 0.05) is 5.41 Å². The summed E-state index contributed by atoms with van der Waals surface area (Å²) >= 11 is 0. The van der Waals surface area contributed by atoms with Gasteiger partial charge in [0.15, 0.2) is 0 Å². The topological polar surface area (TPSA) is 32.8 Å². The lowest BCUT2D eigenvalue weighted by Gasteiger charge is -2.61. The Morgan fingerprint density at radius 1 is 0.968 bits per heavy atom. The molecule has 0 amide bonds. The summed E-state index contributed by atoms with van der Waals surface area (Å²) in [6.45, 7) is 9.78. The number of ether oxygens (including phenoxy) is 1. The van der Waals surface area contributed by atoms with Gasteiger partial charge in [-0.1, -0.05) is 51.2 Å². The second-order valence-corrected chi connectivity index (χ2v) is 13.8. The first-order valence-corrected chi connectivity index (χ1v) is 13.8. The molecule has 1 saturated heterocycles. The van der Waals surface area contributed by atoms with Crippen molar-refractivity contribution in [3.63, 3.8) is 0 Å². The maximum absolute atomic E-state index is 11.0. The van der Waals surface area contributed by atoms with Gasteiger partial charge < -0.3 is 9.84 Å². The van der Waals surface area contributed by atoms with Gasteiger partial charge >= 0.3 is 0 Å². The van der Waals surface area contributed by atoms with E-state index in [0.29, 0.717) is 16.9 Å². The molecule has 0 aromatic rings. The van der Waals surface area contributed by atoms with Crippen LogP contribution in [0.25, 0.3) is 0 Å². The van der Waals surface area contributed by atoms with Crippen LogP contribution in [0, 0.1) is 34.5 Å². The molecule has 2 nitrogen and oxygen atoms in total. The normalized spacial score (nSPS) is 53.0. The maximum atomic E-state index is 11.0. The summed E-state index contributed by atoms with van der Waals surface area (Å²) in [5.41, 5.74) is 2.28. The molecule has 1 aliphatic heterocycles. The van der Waals surface area contributed by atoms with Crippen LogP contribution in [0.15, 0.2) is 12.2 Å². The van der Waals surface area contributed by atoms with Gasteiger partial charge in [0.25, 0.3) is 0 Å². The van der Waals surface area contributed by atoms with Crippen LogP contribution in [0.3, 0.4) is 0 Å². The van der Waals surface area contributed by atoms with E-state index in [2.05, 4.69) is 13.8 Å². The summed E-state index contributed by atoms with van der Waals surface area (Å²) in [6, 6.07) is 0. The molecular weight excluding hydrogens is 380 g/mol. The second-order valence-electron chi connectivity index (χ2n) is 13.8. The molecule has 0 bridgehead atoms. The monoisotopic (exact) mass is 426 g/mol. The molecule has 1 heterocycles. The van der Waals surface area contributed by atoms with Gasteiger partial charge in [-0.25, -0.2) is 0 Å². The molecule has 0 aromatic heterocycles. The van der Waals surface area contributed by atoms with Crippen molar-refractivity contribution < 1.29 is 9.84 Å². The van der Waals surface area contributed by atoms with E-state index < -0.39 is 0 Å². The van der Waals surface area contributed by atoms with Crippen LogP contribution in [0.5, 0.6) is 0 Å². The lowest BCUT2D eigenvalue weighted by molar-refractivity contribution is -0.0930. The van der Waals surface area contributed by atoms with Gasteiger partial charge in [0.05, 0.1) is 17.3 Å². The van der Waals surface area contributed by atoms with Crippen molar-refractivity contribution in [1.82, 2.24) is 0 Å². The minimum Gasteiger partial charge on any atom is -0.390 e. The number of hydrogen-bond acceptors (Lipinski definition) is 2. The van der Waals surface area contributed by atoms with E-state index in [-0.39, 0.29) is 11.2 Å². The molecule has 8 atom stereocenters. The Bertz CT molecular complexity index is 737. The van der Waals surface area contributed by atoms with Crippen molar-refractivity contribution in [1.29, 1.82) is 0 Å². The van der Waals surface area contributed by atoms with Crippen LogP contribution in [0.1, 0.15) is 117 Å². The van der Waals surface area contributed by atoms with Crippen molar-refractivity contribution in [2.45, 2.75) is 134 Å². The van der Waals surface area contributed by atoms with E-state index in [1.165, 1.54) is 83.5 Å². The largest absolute Gasteiger partial charge is 0.390 e. The zero-order valence-corrected chi connectivity index (χ0v) is 20.3. The van der Waals surface area contributed by atoms with Crippen LogP contribution >= 0.6 is 0 Å². The first-order valence-electron chi connectivity index (χ1n) is 13.8. The third kappa shape index (κ3) is 3.40. The van der Waals surface area contributed by atoms with Crippen molar-refractivity contribution in [2.75, 3.05) is 0 Å². The van der Waals surface area contributed by atoms with Crippen molar-refractivity contribution in [3.05, 3.63) is 12.2 Å². The average Bonchev–Trinajstić information content (AvgIpc) is 3.20. The highest BCUT2D eigenvalue weighted by Crippen LogP contribution is 2.70. The number of allylic oxidation sites excluding steroid dienone is 1. The number of rotatable bonds is 3. The summed E-state index contributed by atoms with van der Waals surface area (Å²) in [4.78, 5) is 0. The minimum absolute atomic E-state index is 0.129. The van der Waals surface area contributed by atoms with Gasteiger partial charge in [-0.05, 0) is 107 Å².